The van der Waals surface area contributed by atoms with Crippen LogP contribution in [0.4, 0.5) is 0 Å². The topological polar surface area (TPSA) is 74.8 Å². The van der Waals surface area contributed by atoms with E-state index in [1.54, 1.807) is 0 Å². The number of epoxide rings is 2. The lowest BCUT2D eigenvalue weighted by atomic mass is 10.1. The van der Waals surface area contributed by atoms with E-state index in [2.05, 4.69) is 6.58 Å². The molecule has 0 aliphatic carbocycles. The molecule has 5 nitrogen and oxygen atoms in total. The van der Waals surface area contributed by atoms with Gasteiger partial charge in [-0.2, -0.15) is 0 Å². The third-order valence-corrected chi connectivity index (χ3v) is 2.53. The molecule has 0 amide bonds. The van der Waals surface area contributed by atoms with Crippen LogP contribution >= 0.6 is 0 Å². The van der Waals surface area contributed by atoms with E-state index in [-0.39, 0.29) is 6.42 Å². The number of hydrogen-bond donors (Lipinski definition) is 2. The lowest BCUT2D eigenvalue weighted by molar-refractivity contribution is -0.162. The molecule has 2 atom stereocenters. The molecule has 0 bridgehead atoms. The van der Waals surface area contributed by atoms with Gasteiger partial charge in [0.1, 0.15) is 12.2 Å². The number of aliphatic hydroxyl groups is 2. The average Bonchev–Trinajstić information content (AvgIpc) is 3.13. The molecule has 2 saturated heterocycles. The summed E-state index contributed by atoms with van der Waals surface area (Å²) in [6, 6.07) is 0. The minimum atomic E-state index is -1.52. The van der Waals surface area contributed by atoms with E-state index in [0.29, 0.717) is 18.6 Å². The van der Waals surface area contributed by atoms with Gasteiger partial charge in [-0.05, 0) is 0 Å². The molecular formula is C13H24O5. The highest BCUT2D eigenvalue weighted by atomic mass is 16.6. The van der Waals surface area contributed by atoms with E-state index in [0.717, 1.165) is 32.8 Å². The van der Waals surface area contributed by atoms with Crippen LogP contribution < -0.4 is 0 Å². The summed E-state index contributed by atoms with van der Waals surface area (Å²) in [6.45, 7) is 8.58. The summed E-state index contributed by atoms with van der Waals surface area (Å²) in [7, 11) is 0. The predicted molar refractivity (Wildman–Crippen MR) is 67.2 cm³/mol. The highest BCUT2D eigenvalue weighted by Gasteiger charge is 2.26. The van der Waals surface area contributed by atoms with Crippen LogP contribution in [0.3, 0.4) is 0 Å². The third-order valence-electron chi connectivity index (χ3n) is 2.53. The van der Waals surface area contributed by atoms with E-state index < -0.39 is 5.79 Å². The summed E-state index contributed by atoms with van der Waals surface area (Å²) in [4.78, 5) is 0. The second-order valence-electron chi connectivity index (χ2n) is 4.67. The first kappa shape index (κ1) is 15.6. The van der Waals surface area contributed by atoms with Gasteiger partial charge in [-0.1, -0.05) is 19.4 Å². The summed E-state index contributed by atoms with van der Waals surface area (Å²) in [5.74, 6) is -1.52. The van der Waals surface area contributed by atoms with Crippen molar-refractivity contribution in [2.24, 2.45) is 0 Å². The molecule has 2 heterocycles. The number of rotatable bonds is 8. The maximum atomic E-state index is 9.00. The van der Waals surface area contributed by atoms with Gasteiger partial charge >= 0.3 is 0 Å². The minimum Gasteiger partial charge on any atom is -0.376 e. The Morgan fingerprint density at radius 2 is 1.78 bits per heavy atom. The molecule has 0 radical (unpaired) electrons. The first-order valence-electron chi connectivity index (χ1n) is 6.44. The van der Waals surface area contributed by atoms with Gasteiger partial charge in [0.25, 0.3) is 0 Å². The standard InChI is InChI=1S/C7H14O2.C6H10O3/c1-3-5-7(8,9)6-4-2;1(5-3-8-5)7-2-6-4-9-6/h3,8-9H,1,4-6H2,2H3;5-6H,1-4H2. The molecule has 0 spiro atoms. The molecule has 18 heavy (non-hydrogen) atoms. The lowest BCUT2D eigenvalue weighted by Gasteiger charge is -2.18. The summed E-state index contributed by atoms with van der Waals surface area (Å²) in [6.07, 6.45) is 3.74. The fraction of sp³-hybridized carbons (Fsp3) is 0.846. The van der Waals surface area contributed by atoms with E-state index in [9.17, 15) is 0 Å². The Hall–Kier alpha value is -0.460. The summed E-state index contributed by atoms with van der Waals surface area (Å²) in [5, 5.41) is 18.0. The highest BCUT2D eigenvalue weighted by Crippen LogP contribution is 2.13. The Morgan fingerprint density at radius 1 is 1.28 bits per heavy atom. The maximum Gasteiger partial charge on any atom is 0.165 e. The zero-order valence-corrected chi connectivity index (χ0v) is 11.0. The minimum absolute atomic E-state index is 0.251. The van der Waals surface area contributed by atoms with Crippen LogP contribution in [0.2, 0.25) is 0 Å². The molecule has 2 fully saturated rings. The molecule has 0 aromatic carbocycles. The highest BCUT2D eigenvalue weighted by molar-refractivity contribution is 4.76. The van der Waals surface area contributed by atoms with E-state index in [4.69, 9.17) is 24.4 Å². The van der Waals surface area contributed by atoms with Gasteiger partial charge in [0, 0.05) is 12.8 Å². The second-order valence-corrected chi connectivity index (χ2v) is 4.67. The van der Waals surface area contributed by atoms with Crippen molar-refractivity contribution in [3.63, 3.8) is 0 Å². The normalized spacial score (nSPS) is 25.1. The van der Waals surface area contributed by atoms with E-state index >= 15 is 0 Å². The van der Waals surface area contributed by atoms with Crippen molar-refractivity contribution in [3.8, 4) is 0 Å². The van der Waals surface area contributed by atoms with Crippen LogP contribution in [0.25, 0.3) is 0 Å². The lowest BCUT2D eigenvalue weighted by Crippen LogP contribution is -2.26. The van der Waals surface area contributed by atoms with Gasteiger partial charge in [-0.3, -0.25) is 0 Å². The van der Waals surface area contributed by atoms with Gasteiger partial charge in [-0.15, -0.1) is 6.58 Å². The SMILES string of the molecule is C(OCC1CO1)C1CO1.C=CCC(O)(O)CCC. The molecule has 0 saturated carbocycles. The van der Waals surface area contributed by atoms with Crippen molar-refractivity contribution in [1.82, 2.24) is 0 Å². The molecule has 0 aromatic heterocycles. The van der Waals surface area contributed by atoms with Crippen molar-refractivity contribution >= 4 is 0 Å². The first-order valence-corrected chi connectivity index (χ1v) is 6.44. The van der Waals surface area contributed by atoms with Gasteiger partial charge in [-0.25, -0.2) is 0 Å². The second kappa shape index (κ2) is 7.86. The maximum absolute atomic E-state index is 9.00. The van der Waals surface area contributed by atoms with Crippen LogP contribution in [-0.4, -0.2) is 54.6 Å². The Balaban J connectivity index is 0.000000180. The van der Waals surface area contributed by atoms with E-state index in [1.165, 1.54) is 6.08 Å². The first-order chi connectivity index (χ1) is 8.57. The van der Waals surface area contributed by atoms with Gasteiger partial charge in [0.15, 0.2) is 5.79 Å². The molecule has 2 rings (SSSR count). The van der Waals surface area contributed by atoms with Crippen molar-refractivity contribution in [2.45, 2.75) is 44.2 Å². The number of hydrogen-bond acceptors (Lipinski definition) is 5. The quantitative estimate of drug-likeness (QED) is 0.384. The van der Waals surface area contributed by atoms with Crippen LogP contribution in [-0.2, 0) is 14.2 Å². The zero-order chi connectivity index (χ0) is 13.4. The Morgan fingerprint density at radius 3 is 2.11 bits per heavy atom. The van der Waals surface area contributed by atoms with Crippen molar-refractivity contribution in [2.75, 3.05) is 26.4 Å². The van der Waals surface area contributed by atoms with Crippen molar-refractivity contribution in [3.05, 3.63) is 12.7 Å². The van der Waals surface area contributed by atoms with Crippen molar-refractivity contribution < 1.29 is 24.4 Å². The Kier molecular flexibility index (Phi) is 6.81. The Bertz CT molecular complexity index is 222. The molecular weight excluding hydrogens is 236 g/mol. The molecule has 0 aromatic rings. The molecule has 2 aliphatic rings. The smallest absolute Gasteiger partial charge is 0.165 e. The van der Waals surface area contributed by atoms with Gasteiger partial charge in [0.05, 0.1) is 26.4 Å². The molecule has 5 heteroatoms. The fourth-order valence-electron chi connectivity index (χ4n) is 1.39. The van der Waals surface area contributed by atoms with Crippen LogP contribution in [0.5, 0.6) is 0 Å². The zero-order valence-electron chi connectivity index (χ0n) is 11.0. The van der Waals surface area contributed by atoms with Gasteiger partial charge in [0.2, 0.25) is 0 Å². The summed E-state index contributed by atoms with van der Waals surface area (Å²) >= 11 is 0. The average molecular weight is 260 g/mol. The molecule has 106 valence electrons. The Labute approximate surface area is 108 Å². The monoisotopic (exact) mass is 260 g/mol. The van der Waals surface area contributed by atoms with Crippen molar-refractivity contribution in [1.29, 1.82) is 0 Å². The largest absolute Gasteiger partial charge is 0.376 e. The molecule has 2 aliphatic heterocycles. The molecule has 2 unspecified atom stereocenters. The van der Waals surface area contributed by atoms with Crippen LogP contribution in [0.1, 0.15) is 26.2 Å². The van der Waals surface area contributed by atoms with E-state index in [1.807, 2.05) is 6.92 Å². The summed E-state index contributed by atoms with van der Waals surface area (Å²) < 4.78 is 15.1. The van der Waals surface area contributed by atoms with Crippen LogP contribution in [0.15, 0.2) is 12.7 Å². The third kappa shape index (κ3) is 8.60. The summed E-state index contributed by atoms with van der Waals surface area (Å²) in [5.41, 5.74) is 0. The fourth-order valence-corrected chi connectivity index (χ4v) is 1.39. The van der Waals surface area contributed by atoms with Crippen LogP contribution in [0, 0.1) is 0 Å². The number of ether oxygens (including phenoxy) is 3. The molecule has 2 N–H and O–H groups in total. The van der Waals surface area contributed by atoms with Gasteiger partial charge < -0.3 is 24.4 Å². The predicted octanol–water partition coefficient (Wildman–Crippen LogP) is 0.844.